The predicted octanol–water partition coefficient (Wildman–Crippen LogP) is 18.2. The van der Waals surface area contributed by atoms with Crippen LogP contribution in [0.15, 0.2) is 231 Å². The minimum absolute atomic E-state index is 0.136. The Morgan fingerprint density at radius 3 is 1.63 bits per heavy atom. The average Bonchev–Trinajstić information content (AvgIpc) is 3.88. The highest BCUT2D eigenvalue weighted by molar-refractivity contribution is 6.10. The summed E-state index contributed by atoms with van der Waals surface area (Å²) in [6.45, 7) is 9.91. The molecule has 0 bridgehead atoms. The molecule has 2 atom stereocenters. The highest BCUT2D eigenvalue weighted by atomic mass is 16.5. The first-order valence-electron chi connectivity index (χ1n) is 26.4. The zero-order valence-electron chi connectivity index (χ0n) is 42.3. The summed E-state index contributed by atoms with van der Waals surface area (Å²) in [7, 11) is 0. The second-order valence-electron chi connectivity index (χ2n) is 21.1. The minimum atomic E-state index is -0.174. The van der Waals surface area contributed by atoms with Gasteiger partial charge in [-0.1, -0.05) is 178 Å². The van der Waals surface area contributed by atoms with E-state index in [1.807, 2.05) is 6.08 Å². The fraction of sp³-hybridized carbons (Fsp3) is 0.127. The summed E-state index contributed by atoms with van der Waals surface area (Å²) in [6, 6.07) is 82.5. The predicted molar refractivity (Wildman–Crippen MR) is 309 cm³/mol. The molecule has 2 unspecified atom stereocenters. The van der Waals surface area contributed by atoms with Gasteiger partial charge in [-0.3, -0.25) is 0 Å². The number of anilines is 3. The Bertz CT molecular complexity index is 4000. The highest BCUT2D eigenvalue weighted by Crippen LogP contribution is 2.51. The smallest absolute Gasteiger partial charge is 0.0872 e. The lowest BCUT2D eigenvalue weighted by Crippen LogP contribution is -2.19. The van der Waals surface area contributed by atoms with Crippen molar-refractivity contribution in [2.24, 2.45) is 0 Å². The average molecular weight is 969 g/mol. The third kappa shape index (κ3) is 7.83. The van der Waals surface area contributed by atoms with Crippen LogP contribution >= 0.6 is 0 Å². The van der Waals surface area contributed by atoms with Gasteiger partial charge in [-0.25, -0.2) is 0 Å². The van der Waals surface area contributed by atoms with Gasteiger partial charge in [0.1, 0.15) is 0 Å². The van der Waals surface area contributed by atoms with Crippen molar-refractivity contribution in [1.29, 1.82) is 0 Å². The van der Waals surface area contributed by atoms with Crippen molar-refractivity contribution in [2.75, 3.05) is 4.90 Å². The van der Waals surface area contributed by atoms with Crippen molar-refractivity contribution >= 4 is 44.9 Å². The summed E-state index contributed by atoms with van der Waals surface area (Å²) in [6.07, 6.45) is 4.19. The fourth-order valence-corrected chi connectivity index (χ4v) is 12.2. The van der Waals surface area contributed by atoms with Gasteiger partial charge in [-0.15, -0.1) is 0 Å². The van der Waals surface area contributed by atoms with E-state index in [0.717, 1.165) is 46.7 Å². The van der Waals surface area contributed by atoms with Gasteiger partial charge in [0, 0.05) is 51.8 Å². The Morgan fingerprint density at radius 1 is 0.480 bits per heavy atom. The van der Waals surface area contributed by atoms with E-state index >= 15 is 0 Å². The highest BCUT2D eigenvalue weighted by Gasteiger charge is 2.36. The van der Waals surface area contributed by atoms with Crippen LogP contribution in [0.5, 0.6) is 0 Å². The van der Waals surface area contributed by atoms with E-state index in [9.17, 15) is 0 Å². The van der Waals surface area contributed by atoms with E-state index in [2.05, 4.69) is 254 Å². The fourth-order valence-electron chi connectivity index (χ4n) is 12.2. The lowest BCUT2D eigenvalue weighted by molar-refractivity contribution is 0.0244. The number of rotatable bonds is 13. The van der Waals surface area contributed by atoms with Gasteiger partial charge in [-0.2, -0.15) is 0 Å². The molecule has 1 heterocycles. The molecule has 0 fully saturated rings. The van der Waals surface area contributed by atoms with Crippen molar-refractivity contribution in [1.82, 2.24) is 4.57 Å². The number of ether oxygens (including phenoxy) is 2. The van der Waals surface area contributed by atoms with Crippen LogP contribution in [0.2, 0.25) is 0 Å². The van der Waals surface area contributed by atoms with Crippen LogP contribution in [0.3, 0.4) is 0 Å². The molecule has 75 heavy (non-hydrogen) atoms. The third-order valence-corrected chi connectivity index (χ3v) is 16.4. The normalized spacial score (nSPS) is 15.6. The van der Waals surface area contributed by atoms with Crippen LogP contribution in [0, 0.1) is 0 Å². The van der Waals surface area contributed by atoms with E-state index in [-0.39, 0.29) is 17.6 Å². The first kappa shape index (κ1) is 45.1. The van der Waals surface area contributed by atoms with Crippen molar-refractivity contribution in [2.45, 2.75) is 57.5 Å². The largest absolute Gasteiger partial charge is 0.368 e. The van der Waals surface area contributed by atoms with Crippen molar-refractivity contribution in [3.05, 3.63) is 281 Å². The summed E-state index contributed by atoms with van der Waals surface area (Å²) in [5, 5.41) is 2.42. The zero-order valence-corrected chi connectivity index (χ0v) is 42.3. The molecule has 4 nitrogen and oxygen atoms in total. The van der Waals surface area contributed by atoms with Gasteiger partial charge in [0.05, 0.1) is 36.5 Å². The van der Waals surface area contributed by atoms with Gasteiger partial charge >= 0.3 is 0 Å². The first-order valence-corrected chi connectivity index (χ1v) is 26.4. The Labute approximate surface area is 439 Å². The van der Waals surface area contributed by atoms with Crippen molar-refractivity contribution in [3.8, 4) is 39.1 Å². The molecule has 3 aliphatic rings. The SMILES string of the molecule is C=Cc1ccc2c(c1)C(C)(C)c1cc(N(c3ccc(-c4ccccc4)cc3)c3ccc(-c4ccc5c(c4)c4cc(COC6Cc7ccccc76)ccc4n5-c4ccc(COC5Cc6ccccc65)cc4)cc3)ccc1-2. The summed E-state index contributed by atoms with van der Waals surface area (Å²) in [5.74, 6) is 0. The van der Waals surface area contributed by atoms with E-state index in [4.69, 9.17) is 9.47 Å². The summed E-state index contributed by atoms with van der Waals surface area (Å²) < 4.78 is 15.4. The molecule has 0 N–H and O–H groups in total. The lowest BCUT2D eigenvalue weighted by Gasteiger charge is -2.30. The molecule has 10 aromatic carbocycles. The van der Waals surface area contributed by atoms with Crippen LogP contribution in [0.1, 0.15) is 76.1 Å². The maximum atomic E-state index is 6.57. The molecular weight excluding hydrogens is 913 g/mol. The van der Waals surface area contributed by atoms with Gasteiger partial charge in [0.15, 0.2) is 0 Å². The van der Waals surface area contributed by atoms with Gasteiger partial charge in [0.25, 0.3) is 0 Å². The number of nitrogens with zero attached hydrogens (tertiary/aromatic N) is 2. The molecule has 362 valence electrons. The molecule has 14 rings (SSSR count). The van der Waals surface area contributed by atoms with Gasteiger partial charge in [0.2, 0.25) is 0 Å². The Hall–Kier alpha value is -8.54. The number of benzene rings is 10. The number of hydrogen-bond donors (Lipinski definition) is 0. The first-order chi connectivity index (χ1) is 36.8. The summed E-state index contributed by atoms with van der Waals surface area (Å²) in [5.41, 5.74) is 25.5. The second kappa shape index (κ2) is 18.1. The van der Waals surface area contributed by atoms with E-state index < -0.39 is 0 Å². The molecule has 0 amide bonds. The molecule has 0 saturated heterocycles. The molecule has 0 radical (unpaired) electrons. The van der Waals surface area contributed by atoms with E-state index in [1.165, 1.54) is 94.1 Å². The maximum absolute atomic E-state index is 6.57. The van der Waals surface area contributed by atoms with Crippen LogP contribution in [-0.2, 0) is 40.9 Å². The molecule has 4 heteroatoms. The standard InChI is InChI=1S/C71H56N2O2/c1-4-46-20-34-61-62-35-33-58(43-66(62)71(2,3)65(61)39-46)72(55-29-22-50(23-30-55)49-12-6-5-7-13-49)56-31-24-51(25-32-56)52-26-37-68-64(40-52)63-38-48(45-75-70-42-54-15-9-11-17-60(54)70)21-36-67(63)73(68)57-27-18-47(19-28-57)44-74-69-41-53-14-8-10-16-59(53)69/h4-40,43,69-70H,1,41-42,44-45H2,2-3H3. The monoisotopic (exact) mass is 968 g/mol. The molecule has 3 aliphatic carbocycles. The van der Waals surface area contributed by atoms with Crippen molar-refractivity contribution in [3.63, 3.8) is 0 Å². The topological polar surface area (TPSA) is 26.6 Å². The molecule has 0 spiro atoms. The molecule has 0 aliphatic heterocycles. The second-order valence-corrected chi connectivity index (χ2v) is 21.1. The Balaban J connectivity index is 0.814. The zero-order chi connectivity index (χ0) is 50.2. The van der Waals surface area contributed by atoms with Crippen LogP contribution < -0.4 is 4.90 Å². The maximum Gasteiger partial charge on any atom is 0.0872 e. The minimum Gasteiger partial charge on any atom is -0.368 e. The quantitative estimate of drug-likeness (QED) is 0.115. The molecule has 0 saturated carbocycles. The van der Waals surface area contributed by atoms with E-state index in [0.29, 0.717) is 13.2 Å². The number of fused-ring (bicyclic) bond motifs is 8. The Morgan fingerprint density at radius 2 is 0.987 bits per heavy atom. The summed E-state index contributed by atoms with van der Waals surface area (Å²) in [4.78, 5) is 2.40. The molecule has 1 aromatic heterocycles. The molecule has 11 aromatic rings. The number of hydrogen-bond acceptors (Lipinski definition) is 3. The van der Waals surface area contributed by atoms with Gasteiger partial charge in [-0.05, 0) is 156 Å². The van der Waals surface area contributed by atoms with Crippen LogP contribution in [-0.4, -0.2) is 4.57 Å². The lowest BCUT2D eigenvalue weighted by atomic mass is 9.81. The van der Waals surface area contributed by atoms with Crippen LogP contribution in [0.25, 0.3) is 66.9 Å². The number of aromatic nitrogens is 1. The Kier molecular flexibility index (Phi) is 10.9. The van der Waals surface area contributed by atoms with Crippen molar-refractivity contribution < 1.29 is 9.47 Å². The molecular formula is C71H56N2O2. The third-order valence-electron chi connectivity index (χ3n) is 16.4. The van der Waals surface area contributed by atoms with Gasteiger partial charge < -0.3 is 18.9 Å². The van der Waals surface area contributed by atoms with Crippen LogP contribution in [0.4, 0.5) is 17.1 Å². The summed E-state index contributed by atoms with van der Waals surface area (Å²) >= 11 is 0. The van der Waals surface area contributed by atoms with E-state index in [1.54, 1.807) is 0 Å².